The first-order valence-electron chi connectivity index (χ1n) is 6.05. The molecule has 19 heavy (non-hydrogen) atoms. The first-order chi connectivity index (χ1) is 8.93. The number of nitriles is 1. The number of hydrogen-bond donors (Lipinski definition) is 0. The Bertz CT molecular complexity index is 603. The van der Waals surface area contributed by atoms with Crippen LogP contribution in [0.1, 0.15) is 25.1 Å². The highest BCUT2D eigenvalue weighted by Gasteiger charge is 2.32. The Kier molecular flexibility index (Phi) is 4.16. The SMILES string of the molecule is C[C@@H](C#N)CSc1nnc([C@H]2CCS(=O)(=O)C2)n1C. The average molecular weight is 300 g/mol. The van der Waals surface area contributed by atoms with Crippen LogP contribution >= 0.6 is 11.8 Å². The Hall–Kier alpha value is -1.07. The maximum Gasteiger partial charge on any atom is 0.191 e. The third kappa shape index (κ3) is 3.28. The van der Waals surface area contributed by atoms with Gasteiger partial charge in [-0.3, -0.25) is 0 Å². The molecule has 1 aliphatic rings. The van der Waals surface area contributed by atoms with Gasteiger partial charge in [0.05, 0.1) is 23.5 Å². The highest BCUT2D eigenvalue weighted by atomic mass is 32.2. The van der Waals surface area contributed by atoms with E-state index in [1.165, 1.54) is 11.8 Å². The molecule has 2 heterocycles. The molecular weight excluding hydrogens is 284 g/mol. The molecule has 6 nitrogen and oxygen atoms in total. The summed E-state index contributed by atoms with van der Waals surface area (Å²) in [7, 11) is -1.06. The maximum absolute atomic E-state index is 11.5. The van der Waals surface area contributed by atoms with Crippen molar-refractivity contribution in [3.05, 3.63) is 5.82 Å². The van der Waals surface area contributed by atoms with Gasteiger partial charge in [0.2, 0.25) is 0 Å². The summed E-state index contributed by atoms with van der Waals surface area (Å²) in [6.07, 6.45) is 0.619. The summed E-state index contributed by atoms with van der Waals surface area (Å²) in [5.74, 6) is 1.69. The Morgan fingerprint density at radius 1 is 1.58 bits per heavy atom. The predicted octanol–water partition coefficient (Wildman–Crippen LogP) is 0.969. The fourth-order valence-electron chi connectivity index (χ4n) is 2.04. The fraction of sp³-hybridized carbons (Fsp3) is 0.727. The van der Waals surface area contributed by atoms with E-state index in [-0.39, 0.29) is 23.3 Å². The molecule has 0 saturated carbocycles. The van der Waals surface area contributed by atoms with E-state index in [0.29, 0.717) is 12.2 Å². The third-order valence-electron chi connectivity index (χ3n) is 3.15. The molecule has 1 aromatic heterocycles. The van der Waals surface area contributed by atoms with Crippen LogP contribution < -0.4 is 0 Å². The fourth-order valence-corrected chi connectivity index (χ4v) is 4.64. The third-order valence-corrected chi connectivity index (χ3v) is 6.20. The molecule has 0 spiro atoms. The van der Waals surface area contributed by atoms with Gasteiger partial charge in [0.15, 0.2) is 15.0 Å². The van der Waals surface area contributed by atoms with Crippen molar-refractivity contribution < 1.29 is 8.42 Å². The van der Waals surface area contributed by atoms with Gasteiger partial charge in [-0.05, 0) is 13.3 Å². The molecule has 0 N–H and O–H groups in total. The number of sulfone groups is 1. The highest BCUT2D eigenvalue weighted by Crippen LogP contribution is 2.29. The van der Waals surface area contributed by atoms with Crippen LogP contribution in [0, 0.1) is 17.2 Å². The molecule has 1 fully saturated rings. The van der Waals surface area contributed by atoms with Crippen molar-refractivity contribution in [3.8, 4) is 6.07 Å². The number of hydrogen-bond acceptors (Lipinski definition) is 6. The molecule has 8 heteroatoms. The summed E-state index contributed by atoms with van der Waals surface area (Å²) >= 11 is 1.48. The molecule has 104 valence electrons. The smallest absolute Gasteiger partial charge is 0.191 e. The number of aromatic nitrogens is 3. The summed E-state index contributed by atoms with van der Waals surface area (Å²) in [6.45, 7) is 1.85. The van der Waals surface area contributed by atoms with Gasteiger partial charge in [0.25, 0.3) is 0 Å². The number of thioether (sulfide) groups is 1. The molecule has 1 aromatic rings. The zero-order valence-electron chi connectivity index (χ0n) is 10.9. The molecule has 1 aliphatic heterocycles. The molecule has 0 amide bonds. The van der Waals surface area contributed by atoms with Crippen LogP contribution in [-0.4, -0.2) is 40.4 Å². The Balaban J connectivity index is 2.09. The lowest BCUT2D eigenvalue weighted by Gasteiger charge is -2.08. The van der Waals surface area contributed by atoms with Crippen molar-refractivity contribution >= 4 is 21.6 Å². The molecule has 0 aliphatic carbocycles. The summed E-state index contributed by atoms with van der Waals surface area (Å²) in [5, 5.41) is 17.7. The summed E-state index contributed by atoms with van der Waals surface area (Å²) in [4.78, 5) is 0. The lowest BCUT2D eigenvalue weighted by Crippen LogP contribution is -2.09. The molecule has 2 atom stereocenters. The monoisotopic (exact) mass is 300 g/mol. The van der Waals surface area contributed by atoms with E-state index in [2.05, 4.69) is 16.3 Å². The zero-order valence-corrected chi connectivity index (χ0v) is 12.5. The van der Waals surface area contributed by atoms with Gasteiger partial charge in [0, 0.05) is 18.7 Å². The minimum absolute atomic E-state index is 0.0444. The number of nitrogens with zero attached hydrogens (tertiary/aromatic N) is 4. The van der Waals surface area contributed by atoms with Crippen molar-refractivity contribution in [1.29, 1.82) is 5.26 Å². The molecule has 2 rings (SSSR count). The highest BCUT2D eigenvalue weighted by molar-refractivity contribution is 7.99. The normalized spacial score (nSPS) is 23.1. The molecular formula is C11H16N4O2S2. The zero-order chi connectivity index (χ0) is 14.0. The number of rotatable bonds is 4. The van der Waals surface area contributed by atoms with E-state index in [0.717, 1.165) is 11.0 Å². The van der Waals surface area contributed by atoms with Crippen molar-refractivity contribution in [2.75, 3.05) is 17.3 Å². The van der Waals surface area contributed by atoms with Gasteiger partial charge >= 0.3 is 0 Å². The average Bonchev–Trinajstić information content (AvgIpc) is 2.89. The van der Waals surface area contributed by atoms with Crippen LogP contribution in [0.15, 0.2) is 5.16 Å². The maximum atomic E-state index is 11.5. The largest absolute Gasteiger partial charge is 0.309 e. The Morgan fingerprint density at radius 2 is 2.32 bits per heavy atom. The predicted molar refractivity (Wildman–Crippen MR) is 72.5 cm³/mol. The van der Waals surface area contributed by atoms with E-state index < -0.39 is 9.84 Å². The lowest BCUT2D eigenvalue weighted by atomic mass is 10.1. The standard InChI is InChI=1S/C11H16N4O2S2/c1-8(5-12)6-18-11-14-13-10(15(11)2)9-3-4-19(16,17)7-9/h8-9H,3-4,6-7H2,1-2H3/t8-,9-/m0/s1. The van der Waals surface area contributed by atoms with Crippen LogP contribution in [0.25, 0.3) is 0 Å². The summed E-state index contributed by atoms with van der Waals surface area (Å²) in [5.41, 5.74) is 0. The Morgan fingerprint density at radius 3 is 2.89 bits per heavy atom. The molecule has 0 bridgehead atoms. The molecule has 0 aromatic carbocycles. The topological polar surface area (TPSA) is 88.6 Å². The van der Waals surface area contributed by atoms with Crippen molar-refractivity contribution in [1.82, 2.24) is 14.8 Å². The minimum atomic E-state index is -2.91. The molecule has 0 unspecified atom stereocenters. The van der Waals surface area contributed by atoms with Gasteiger partial charge in [-0.2, -0.15) is 5.26 Å². The van der Waals surface area contributed by atoms with Gasteiger partial charge in [-0.15, -0.1) is 10.2 Å². The van der Waals surface area contributed by atoms with E-state index in [9.17, 15) is 8.42 Å². The first-order valence-corrected chi connectivity index (χ1v) is 8.86. The van der Waals surface area contributed by atoms with Crippen LogP contribution in [0.3, 0.4) is 0 Å². The summed E-state index contributed by atoms with van der Waals surface area (Å²) in [6, 6.07) is 2.17. The molecule has 1 saturated heterocycles. The van der Waals surface area contributed by atoms with Crippen LogP contribution in [0.2, 0.25) is 0 Å². The van der Waals surface area contributed by atoms with Crippen LogP contribution in [0.5, 0.6) is 0 Å². The van der Waals surface area contributed by atoms with Crippen LogP contribution in [-0.2, 0) is 16.9 Å². The van der Waals surface area contributed by atoms with Crippen molar-refractivity contribution in [2.45, 2.75) is 24.4 Å². The van der Waals surface area contributed by atoms with Crippen molar-refractivity contribution in [3.63, 3.8) is 0 Å². The lowest BCUT2D eigenvalue weighted by molar-refractivity contribution is 0.599. The first kappa shape index (κ1) is 14.3. The molecule has 0 radical (unpaired) electrons. The van der Waals surface area contributed by atoms with Gasteiger partial charge < -0.3 is 4.57 Å². The van der Waals surface area contributed by atoms with E-state index >= 15 is 0 Å². The van der Waals surface area contributed by atoms with Crippen LogP contribution in [0.4, 0.5) is 0 Å². The van der Waals surface area contributed by atoms with Gasteiger partial charge in [0.1, 0.15) is 5.82 Å². The second-order valence-corrected chi connectivity index (χ2v) is 8.06. The van der Waals surface area contributed by atoms with Crippen molar-refractivity contribution in [2.24, 2.45) is 13.0 Å². The van der Waals surface area contributed by atoms with E-state index in [1.54, 1.807) is 0 Å². The Labute approximate surface area is 117 Å². The van der Waals surface area contributed by atoms with E-state index in [4.69, 9.17) is 5.26 Å². The minimum Gasteiger partial charge on any atom is -0.309 e. The quantitative estimate of drug-likeness (QED) is 0.770. The van der Waals surface area contributed by atoms with Gasteiger partial charge in [-0.25, -0.2) is 8.42 Å². The second kappa shape index (κ2) is 5.51. The summed E-state index contributed by atoms with van der Waals surface area (Å²) < 4.78 is 24.8. The second-order valence-electron chi connectivity index (χ2n) is 4.84. The van der Waals surface area contributed by atoms with Gasteiger partial charge in [-0.1, -0.05) is 11.8 Å². The van der Waals surface area contributed by atoms with E-state index in [1.807, 2.05) is 18.5 Å².